The first-order valence-electron chi connectivity index (χ1n) is 22.0. The highest BCUT2D eigenvalue weighted by molar-refractivity contribution is 8.07. The van der Waals surface area contributed by atoms with Crippen molar-refractivity contribution in [3.05, 3.63) is 28.9 Å². The van der Waals surface area contributed by atoms with Crippen molar-refractivity contribution in [3.63, 3.8) is 0 Å². The van der Waals surface area contributed by atoms with E-state index in [1.165, 1.54) is 11.0 Å². The SMILES string of the molecule is CC(C)C(=O)Nc1nc2c(nnn2[C@@H]2O[C@@H]3COP(O)(=S)O[C@H]4C[C@H](Oc5ccncn5)C[C@@H]4CO[P@](=S)(OCCC#N)O[C@@H]2[C@@H]3O[Si](O[Si](O)(C(C)C)C(C)C)(C(C)C)C(C)C)c(=O)[nH]1. The lowest BCUT2D eigenvalue weighted by atomic mass is 10.1. The lowest BCUT2D eigenvalue weighted by Crippen LogP contribution is -2.62. The van der Waals surface area contributed by atoms with Gasteiger partial charge in [0.2, 0.25) is 17.7 Å². The molecule has 3 aromatic rings. The van der Waals surface area contributed by atoms with Gasteiger partial charge in [0.15, 0.2) is 17.4 Å². The lowest BCUT2D eigenvalue weighted by molar-refractivity contribution is -0.118. The van der Waals surface area contributed by atoms with Crippen molar-refractivity contribution in [3.8, 4) is 11.9 Å². The Labute approximate surface area is 396 Å². The zero-order valence-electron chi connectivity index (χ0n) is 38.6. The van der Waals surface area contributed by atoms with Crippen LogP contribution in [0.3, 0.4) is 0 Å². The minimum Gasteiger partial charge on any atom is -0.474 e. The Morgan fingerprint density at radius 1 is 1.05 bits per heavy atom. The second-order valence-corrected chi connectivity index (χ2v) is 32.5. The van der Waals surface area contributed by atoms with Crippen LogP contribution in [-0.2, 0) is 64.3 Å². The fraction of sp³-hybridized carbons (Fsp3) is 0.737. The summed E-state index contributed by atoms with van der Waals surface area (Å²) >= 11 is 11.9. The van der Waals surface area contributed by atoms with E-state index in [-0.39, 0.29) is 65.3 Å². The van der Waals surface area contributed by atoms with Crippen LogP contribution in [0.4, 0.5) is 5.95 Å². The third-order valence-corrected chi connectivity index (χ3v) is 25.5. The van der Waals surface area contributed by atoms with Crippen molar-refractivity contribution in [2.45, 2.75) is 147 Å². The molecular weight excluding hydrogens is 973 g/mol. The highest BCUT2D eigenvalue weighted by Gasteiger charge is 2.60. The molecule has 3 fully saturated rings. The minimum atomic E-state index is -4.10. The van der Waals surface area contributed by atoms with Crippen LogP contribution in [-0.4, -0.2) is 118 Å². The fourth-order valence-electron chi connectivity index (χ4n) is 8.16. The first kappa shape index (κ1) is 52.8. The molecule has 0 spiro atoms. The number of amides is 1. The van der Waals surface area contributed by atoms with E-state index in [2.05, 4.69) is 41.6 Å². The van der Waals surface area contributed by atoms with Crippen LogP contribution in [0.5, 0.6) is 5.88 Å². The van der Waals surface area contributed by atoms with E-state index in [4.69, 9.17) is 64.2 Å². The van der Waals surface area contributed by atoms with Gasteiger partial charge in [-0.05, 0) is 52.2 Å². The molecule has 66 heavy (non-hydrogen) atoms. The van der Waals surface area contributed by atoms with Crippen LogP contribution >= 0.6 is 13.4 Å². The molecule has 3 aliphatic rings. The summed E-state index contributed by atoms with van der Waals surface area (Å²) in [5.74, 6) is -1.19. The molecule has 28 heteroatoms. The molecule has 1 aliphatic carbocycles. The molecular formula is C38H61N9O13P2S2Si2. The summed E-state index contributed by atoms with van der Waals surface area (Å²) in [6.45, 7) is 10.1. The quantitative estimate of drug-likeness (QED) is 0.0754. The van der Waals surface area contributed by atoms with Gasteiger partial charge in [-0.1, -0.05) is 74.5 Å². The number of fused-ring (bicyclic) bond motifs is 4. The Balaban J connectivity index is 1.51. The van der Waals surface area contributed by atoms with Gasteiger partial charge in [-0.15, -0.1) is 5.10 Å². The largest absolute Gasteiger partial charge is 0.474 e. The van der Waals surface area contributed by atoms with E-state index in [9.17, 15) is 24.5 Å². The van der Waals surface area contributed by atoms with E-state index in [1.807, 2.05) is 55.4 Å². The number of aromatic amines is 1. The molecule has 0 aromatic carbocycles. The van der Waals surface area contributed by atoms with E-state index in [0.717, 1.165) is 0 Å². The maximum absolute atomic E-state index is 13.4. The van der Waals surface area contributed by atoms with Gasteiger partial charge in [-0.2, -0.15) is 14.9 Å². The van der Waals surface area contributed by atoms with E-state index in [1.54, 1.807) is 26.1 Å². The summed E-state index contributed by atoms with van der Waals surface area (Å²) in [5, 5.41) is 20.6. The van der Waals surface area contributed by atoms with Gasteiger partial charge in [-0.25, -0.2) is 9.97 Å². The van der Waals surface area contributed by atoms with Gasteiger partial charge >= 0.3 is 30.6 Å². The average molecular weight is 1030 g/mol. The number of anilines is 1. The summed E-state index contributed by atoms with van der Waals surface area (Å²) in [7, 11) is -7.24. The Bertz CT molecular complexity index is 2350. The molecule has 9 atom stereocenters. The second-order valence-electron chi connectivity index (χ2n) is 18.1. The maximum Gasteiger partial charge on any atom is 0.335 e. The lowest BCUT2D eigenvalue weighted by Gasteiger charge is -2.47. The van der Waals surface area contributed by atoms with Crippen molar-refractivity contribution in [1.82, 2.24) is 34.9 Å². The van der Waals surface area contributed by atoms with E-state index in [0.29, 0.717) is 12.3 Å². The van der Waals surface area contributed by atoms with Gasteiger partial charge in [0.1, 0.15) is 30.7 Å². The minimum absolute atomic E-state index is 0.0625. The van der Waals surface area contributed by atoms with Gasteiger partial charge in [0, 0.05) is 30.5 Å². The molecule has 1 amide bonds. The van der Waals surface area contributed by atoms with Crippen LogP contribution in [0.2, 0.25) is 22.2 Å². The molecule has 6 rings (SSSR count). The van der Waals surface area contributed by atoms with Gasteiger partial charge in [0.25, 0.3) is 5.56 Å². The van der Waals surface area contributed by atoms with E-state index < -0.39 is 97.2 Å². The number of nitrogens with zero attached hydrogens (tertiary/aromatic N) is 7. The monoisotopic (exact) mass is 1030 g/mol. The average Bonchev–Trinajstić information content (AvgIpc) is 3.93. The number of rotatable bonds is 16. The number of carbonyl (C=O) groups is 1. The molecule has 3 aromatic heterocycles. The number of ether oxygens (including phenoxy) is 2. The summed E-state index contributed by atoms with van der Waals surface area (Å²) in [5.41, 5.74) is -2.06. The number of nitrogens with one attached hydrogen (secondary N) is 2. The topological polar surface area (TPSA) is 279 Å². The molecule has 22 nitrogen and oxygen atoms in total. The molecule has 5 heterocycles. The Hall–Kier alpha value is -2.55. The number of aromatic nitrogens is 7. The summed E-state index contributed by atoms with van der Waals surface area (Å²) in [6, 6.07) is 3.68. The van der Waals surface area contributed by atoms with E-state index >= 15 is 0 Å². The maximum atomic E-state index is 13.4. The second kappa shape index (κ2) is 21.6. The van der Waals surface area contributed by atoms with Crippen LogP contribution in [0.15, 0.2) is 23.4 Å². The number of hydrogen-bond donors (Lipinski definition) is 4. The highest BCUT2D eigenvalue weighted by Crippen LogP contribution is 2.58. The summed E-state index contributed by atoms with van der Waals surface area (Å²) in [6.07, 6.45) is -2.88. The summed E-state index contributed by atoms with van der Waals surface area (Å²) < 4.78 is 60.8. The third kappa shape index (κ3) is 11.9. The van der Waals surface area contributed by atoms with Crippen molar-refractivity contribution >= 4 is 77.2 Å². The van der Waals surface area contributed by atoms with Crippen molar-refractivity contribution in [1.29, 1.82) is 5.26 Å². The third-order valence-electron chi connectivity index (χ3n) is 11.8. The number of hydrogen-bond acceptors (Lipinski definition) is 20. The highest BCUT2D eigenvalue weighted by atomic mass is 32.5. The zero-order valence-corrected chi connectivity index (χ0v) is 44.1. The number of carbonyl (C=O) groups excluding carboxylic acids is 1. The van der Waals surface area contributed by atoms with Gasteiger partial charge in [-0.3, -0.25) is 24.4 Å². The predicted octanol–water partition coefficient (Wildman–Crippen LogP) is 5.76. The first-order valence-corrected chi connectivity index (χ1v) is 31.1. The predicted molar refractivity (Wildman–Crippen MR) is 251 cm³/mol. The molecule has 4 N–H and O–H groups in total. The van der Waals surface area contributed by atoms with Crippen LogP contribution in [0, 0.1) is 23.2 Å². The first-order chi connectivity index (χ1) is 31.0. The Morgan fingerprint density at radius 3 is 2.38 bits per heavy atom. The van der Waals surface area contributed by atoms with Gasteiger partial charge in [0.05, 0.1) is 38.4 Å². The van der Waals surface area contributed by atoms with Crippen LogP contribution in [0.1, 0.15) is 94.7 Å². The normalized spacial score (nSPS) is 28.9. The molecule has 1 unspecified atom stereocenters. The Morgan fingerprint density at radius 2 is 1.76 bits per heavy atom. The van der Waals surface area contributed by atoms with Crippen LogP contribution in [0.25, 0.3) is 11.2 Å². The standard InChI is InChI=1S/C38H61N9O13P2S2Si2/c1-21(2)35(48)43-38-42-34-31(36(49)44-38)45-46-47(34)37-33-32(59-66(24(7)8,25(9)10)60-65(51,22(3)4)23(5)6)29(56-37)19-53-61(50,63)57-28-17-27(55-30-12-14-40-20-41-30)16-26(28)18-54-62(64,58-33)52-15-11-13-39/h12,14,20-29,32-33,37,51H,11,15-19H2,1-10H3,(H,50,63)(H2,42,43,44,48,49)/t26-,27-,28+,29-,32-,33-,37-,61?,62-/m1/s1. The van der Waals surface area contributed by atoms with Crippen LogP contribution < -0.4 is 15.6 Å². The zero-order chi connectivity index (χ0) is 48.4. The molecule has 366 valence electrons. The molecule has 2 bridgehead atoms. The molecule has 1 saturated carbocycles. The smallest absolute Gasteiger partial charge is 0.335 e. The number of H-pyrrole nitrogens is 1. The summed E-state index contributed by atoms with van der Waals surface area (Å²) in [4.78, 5) is 65.6. The Kier molecular flexibility index (Phi) is 17.3. The van der Waals surface area contributed by atoms with Crippen molar-refractivity contribution in [2.24, 2.45) is 11.8 Å². The molecule has 0 radical (unpaired) electrons. The van der Waals surface area contributed by atoms with Crippen molar-refractivity contribution in [2.75, 3.05) is 25.1 Å². The van der Waals surface area contributed by atoms with Gasteiger partial charge < -0.3 is 45.8 Å². The number of nitriles is 1. The molecule has 2 aliphatic heterocycles. The fourth-order valence-corrected chi connectivity index (χ4v) is 21.7. The van der Waals surface area contributed by atoms with Crippen molar-refractivity contribution < 1.29 is 55.1 Å². The molecule has 2 saturated heterocycles.